The third kappa shape index (κ3) is 3.96. The summed E-state index contributed by atoms with van der Waals surface area (Å²) in [6.45, 7) is 1.94. The SMILES string of the molecule is Cc1ccc(/C=C2/SC(=S)N([C@H](CC(=O)O)C(=O)O)C2=O)cc1. The van der Waals surface area contributed by atoms with Crippen LogP contribution in [0.25, 0.3) is 6.08 Å². The van der Waals surface area contributed by atoms with E-state index < -0.39 is 30.3 Å². The van der Waals surface area contributed by atoms with Crippen LogP contribution in [0.5, 0.6) is 0 Å². The maximum atomic E-state index is 12.4. The van der Waals surface area contributed by atoms with Crippen LogP contribution in [-0.4, -0.2) is 43.3 Å². The second-order valence-electron chi connectivity index (χ2n) is 4.91. The van der Waals surface area contributed by atoms with Crippen molar-refractivity contribution < 1.29 is 24.6 Å². The van der Waals surface area contributed by atoms with Gasteiger partial charge in [0.2, 0.25) is 0 Å². The topological polar surface area (TPSA) is 94.9 Å². The van der Waals surface area contributed by atoms with Gasteiger partial charge in [0.15, 0.2) is 0 Å². The first-order valence-corrected chi connectivity index (χ1v) is 7.80. The number of hydrogen-bond donors (Lipinski definition) is 2. The molecule has 1 heterocycles. The van der Waals surface area contributed by atoms with Gasteiger partial charge in [-0.1, -0.05) is 53.8 Å². The van der Waals surface area contributed by atoms with Gasteiger partial charge in [-0.25, -0.2) is 4.79 Å². The van der Waals surface area contributed by atoms with Gasteiger partial charge in [-0.2, -0.15) is 0 Å². The van der Waals surface area contributed by atoms with E-state index in [1.54, 1.807) is 6.08 Å². The number of benzene rings is 1. The number of rotatable bonds is 5. The van der Waals surface area contributed by atoms with E-state index in [-0.39, 0.29) is 9.23 Å². The highest BCUT2D eigenvalue weighted by Gasteiger charge is 2.41. The van der Waals surface area contributed by atoms with Crippen molar-refractivity contribution in [2.45, 2.75) is 19.4 Å². The van der Waals surface area contributed by atoms with Crippen LogP contribution in [0.3, 0.4) is 0 Å². The predicted octanol–water partition coefficient (Wildman–Crippen LogP) is 2.12. The van der Waals surface area contributed by atoms with Crippen LogP contribution in [0, 0.1) is 6.92 Å². The van der Waals surface area contributed by atoms with Crippen LogP contribution in [0.1, 0.15) is 17.5 Å². The van der Waals surface area contributed by atoms with Crippen LogP contribution in [0.15, 0.2) is 29.2 Å². The van der Waals surface area contributed by atoms with Crippen molar-refractivity contribution in [3.63, 3.8) is 0 Å². The highest BCUT2D eigenvalue weighted by atomic mass is 32.2. The van der Waals surface area contributed by atoms with E-state index in [4.69, 9.17) is 17.3 Å². The Morgan fingerprint density at radius 1 is 1.30 bits per heavy atom. The largest absolute Gasteiger partial charge is 0.481 e. The fourth-order valence-corrected chi connectivity index (χ4v) is 3.37. The molecule has 0 saturated carbocycles. The minimum Gasteiger partial charge on any atom is -0.481 e. The lowest BCUT2D eigenvalue weighted by Crippen LogP contribution is -2.45. The Hall–Kier alpha value is -2.19. The van der Waals surface area contributed by atoms with Crippen LogP contribution in [0.2, 0.25) is 0 Å². The van der Waals surface area contributed by atoms with E-state index in [0.717, 1.165) is 27.8 Å². The molecular formula is C15H13NO5S2. The number of aryl methyl sites for hydroxylation is 1. The van der Waals surface area contributed by atoms with Gasteiger partial charge in [0, 0.05) is 0 Å². The Balaban J connectivity index is 2.30. The molecule has 1 aliphatic rings. The summed E-state index contributed by atoms with van der Waals surface area (Å²) in [5.74, 6) is -3.30. The van der Waals surface area contributed by atoms with E-state index in [1.165, 1.54) is 0 Å². The number of carbonyl (C=O) groups is 3. The average Bonchev–Trinajstić information content (AvgIpc) is 2.73. The molecule has 1 amide bonds. The molecule has 2 rings (SSSR count). The van der Waals surface area contributed by atoms with Crippen molar-refractivity contribution in [1.82, 2.24) is 4.90 Å². The zero-order chi connectivity index (χ0) is 17.1. The molecule has 8 heteroatoms. The Labute approximate surface area is 141 Å². The molecule has 23 heavy (non-hydrogen) atoms. The van der Waals surface area contributed by atoms with Crippen molar-refractivity contribution in [3.05, 3.63) is 40.3 Å². The van der Waals surface area contributed by atoms with Gasteiger partial charge in [-0.05, 0) is 18.6 Å². The quantitative estimate of drug-likeness (QED) is 0.620. The van der Waals surface area contributed by atoms with Crippen molar-refractivity contribution in [3.8, 4) is 0 Å². The Kier molecular flexibility index (Phi) is 5.17. The molecule has 0 aliphatic carbocycles. The molecule has 6 nitrogen and oxygen atoms in total. The van der Waals surface area contributed by atoms with Crippen LogP contribution in [-0.2, 0) is 14.4 Å². The lowest BCUT2D eigenvalue weighted by Gasteiger charge is -2.21. The van der Waals surface area contributed by atoms with Gasteiger partial charge in [0.25, 0.3) is 5.91 Å². The lowest BCUT2D eigenvalue weighted by atomic mass is 10.1. The fourth-order valence-electron chi connectivity index (χ4n) is 2.02. The number of carboxylic acids is 2. The second kappa shape index (κ2) is 6.93. The van der Waals surface area contributed by atoms with E-state index >= 15 is 0 Å². The van der Waals surface area contributed by atoms with Gasteiger partial charge in [0.05, 0.1) is 11.3 Å². The standard InChI is InChI=1S/C15H13NO5S2/c1-8-2-4-9(5-3-8)6-11-13(19)16(15(22)23-11)10(14(20)21)7-12(17)18/h2-6,10H,7H2,1H3,(H,17,18)(H,20,21)/b11-6+/t10-/m1/s1. The maximum Gasteiger partial charge on any atom is 0.327 e. The summed E-state index contributed by atoms with van der Waals surface area (Å²) in [6.07, 6.45) is 0.901. The number of carboxylic acid groups (broad SMARTS) is 2. The zero-order valence-corrected chi connectivity index (χ0v) is 13.7. The number of carbonyl (C=O) groups excluding carboxylic acids is 1. The van der Waals surface area contributed by atoms with Gasteiger partial charge < -0.3 is 10.2 Å². The molecule has 1 atom stereocenters. The monoisotopic (exact) mass is 351 g/mol. The molecule has 1 aromatic rings. The average molecular weight is 351 g/mol. The summed E-state index contributed by atoms with van der Waals surface area (Å²) in [6, 6.07) is 5.92. The number of amides is 1. The van der Waals surface area contributed by atoms with Crippen molar-refractivity contribution in [1.29, 1.82) is 0 Å². The normalized spacial score (nSPS) is 17.6. The third-order valence-corrected chi connectivity index (χ3v) is 4.49. The molecule has 0 spiro atoms. The predicted molar refractivity (Wildman–Crippen MR) is 89.9 cm³/mol. The molecule has 1 aromatic carbocycles. The molecule has 1 saturated heterocycles. The Bertz CT molecular complexity index is 711. The number of aliphatic carboxylic acids is 2. The Morgan fingerprint density at radius 2 is 1.91 bits per heavy atom. The van der Waals surface area contributed by atoms with Gasteiger partial charge in [0.1, 0.15) is 10.4 Å². The number of thioether (sulfide) groups is 1. The second-order valence-corrected chi connectivity index (χ2v) is 6.59. The fraction of sp³-hybridized carbons (Fsp3) is 0.200. The van der Waals surface area contributed by atoms with E-state index in [0.29, 0.717) is 0 Å². The van der Waals surface area contributed by atoms with Gasteiger partial charge in [-0.3, -0.25) is 14.5 Å². The molecule has 0 bridgehead atoms. The minimum atomic E-state index is -1.51. The van der Waals surface area contributed by atoms with E-state index in [1.807, 2.05) is 31.2 Å². The van der Waals surface area contributed by atoms with Crippen LogP contribution >= 0.6 is 24.0 Å². The molecule has 2 N–H and O–H groups in total. The highest BCUT2D eigenvalue weighted by molar-refractivity contribution is 8.26. The first-order chi connectivity index (χ1) is 10.8. The summed E-state index contributed by atoms with van der Waals surface area (Å²) >= 11 is 6.02. The van der Waals surface area contributed by atoms with Crippen LogP contribution in [0.4, 0.5) is 0 Å². The molecule has 0 radical (unpaired) electrons. The van der Waals surface area contributed by atoms with Gasteiger partial charge in [-0.15, -0.1) is 0 Å². The Morgan fingerprint density at radius 3 is 2.43 bits per heavy atom. The van der Waals surface area contributed by atoms with Crippen molar-refractivity contribution >= 4 is 52.2 Å². The number of nitrogens with zero attached hydrogens (tertiary/aromatic N) is 1. The lowest BCUT2D eigenvalue weighted by molar-refractivity contribution is -0.150. The summed E-state index contributed by atoms with van der Waals surface area (Å²) in [5.41, 5.74) is 1.85. The summed E-state index contributed by atoms with van der Waals surface area (Å²) in [5, 5.41) is 18.0. The maximum absolute atomic E-state index is 12.4. The molecule has 0 unspecified atom stereocenters. The number of hydrogen-bond acceptors (Lipinski definition) is 5. The third-order valence-electron chi connectivity index (χ3n) is 3.16. The van der Waals surface area contributed by atoms with Gasteiger partial charge >= 0.3 is 11.9 Å². The molecule has 120 valence electrons. The first kappa shape index (κ1) is 17.2. The molecular weight excluding hydrogens is 338 g/mol. The minimum absolute atomic E-state index is 0.0435. The van der Waals surface area contributed by atoms with E-state index in [2.05, 4.69) is 0 Å². The van der Waals surface area contributed by atoms with Crippen LogP contribution < -0.4 is 0 Å². The summed E-state index contributed by atoms with van der Waals surface area (Å²) in [4.78, 5) is 35.6. The molecule has 1 aliphatic heterocycles. The highest BCUT2D eigenvalue weighted by Crippen LogP contribution is 2.34. The zero-order valence-electron chi connectivity index (χ0n) is 12.1. The summed E-state index contributed by atoms with van der Waals surface area (Å²) in [7, 11) is 0. The molecule has 1 fully saturated rings. The smallest absolute Gasteiger partial charge is 0.327 e. The van der Waals surface area contributed by atoms with E-state index in [9.17, 15) is 19.5 Å². The molecule has 0 aromatic heterocycles. The number of thiocarbonyl (C=S) groups is 1. The van der Waals surface area contributed by atoms with Crippen molar-refractivity contribution in [2.24, 2.45) is 0 Å². The first-order valence-electron chi connectivity index (χ1n) is 6.58. The van der Waals surface area contributed by atoms with Crippen molar-refractivity contribution in [2.75, 3.05) is 0 Å². The summed E-state index contributed by atoms with van der Waals surface area (Å²) < 4.78 is 0.0435.